The minimum Gasteiger partial charge on any atom is -0.248 e. The van der Waals surface area contributed by atoms with Crippen molar-refractivity contribution in [1.82, 2.24) is 9.71 Å². The first-order chi connectivity index (χ1) is 10.0. The lowest BCUT2D eigenvalue weighted by Crippen LogP contribution is -2.23. The van der Waals surface area contributed by atoms with Crippen molar-refractivity contribution in [2.24, 2.45) is 0 Å². The number of hydrogen-bond acceptors (Lipinski definition) is 4. The van der Waals surface area contributed by atoms with Gasteiger partial charge in [-0.05, 0) is 30.5 Å². The number of rotatable bonds is 7. The van der Waals surface area contributed by atoms with Gasteiger partial charge in [0.25, 0.3) is 0 Å². The third kappa shape index (κ3) is 4.51. The normalized spacial score (nSPS) is 11.7. The van der Waals surface area contributed by atoms with Crippen molar-refractivity contribution in [3.05, 3.63) is 45.9 Å². The van der Waals surface area contributed by atoms with Gasteiger partial charge in [-0.15, -0.1) is 22.9 Å². The maximum absolute atomic E-state index is 12.2. The molecule has 21 heavy (non-hydrogen) atoms. The second kappa shape index (κ2) is 7.35. The fraction of sp³-hybridized carbons (Fsp3) is 0.357. The van der Waals surface area contributed by atoms with Crippen molar-refractivity contribution in [1.29, 1.82) is 0 Å². The van der Waals surface area contributed by atoms with Crippen LogP contribution >= 0.6 is 22.9 Å². The first-order valence-corrected chi connectivity index (χ1v) is 9.46. The molecule has 7 heteroatoms. The molecule has 0 aliphatic heterocycles. The van der Waals surface area contributed by atoms with E-state index in [1.54, 1.807) is 30.5 Å². The molecule has 0 unspecified atom stereocenters. The molecule has 4 nitrogen and oxygen atoms in total. The Hall–Kier alpha value is -0.950. The summed E-state index contributed by atoms with van der Waals surface area (Å²) in [4.78, 5) is 5.60. The number of thiazole rings is 1. The zero-order chi connectivity index (χ0) is 15.3. The molecule has 1 N–H and O–H groups in total. The zero-order valence-corrected chi connectivity index (χ0v) is 14.1. The maximum Gasteiger partial charge on any atom is 0.240 e. The standard InChI is InChI=1S/C14H17ClN2O2S2/c1-2-12-9-16-14(20-12)10-17-21(18,19)13-5-3-11(4-6-13)7-8-15/h3-6,9,17H,2,7-8,10H2,1H3. The van der Waals surface area contributed by atoms with Crippen LogP contribution in [0.5, 0.6) is 0 Å². The highest BCUT2D eigenvalue weighted by atomic mass is 35.5. The van der Waals surface area contributed by atoms with Crippen LogP contribution in [0.2, 0.25) is 0 Å². The summed E-state index contributed by atoms with van der Waals surface area (Å²) in [5, 5.41) is 0.772. The smallest absolute Gasteiger partial charge is 0.240 e. The number of nitrogens with one attached hydrogen (secondary N) is 1. The van der Waals surface area contributed by atoms with E-state index in [9.17, 15) is 8.42 Å². The molecule has 1 aromatic carbocycles. The Kier molecular flexibility index (Phi) is 5.75. The summed E-state index contributed by atoms with van der Waals surface area (Å²) >= 11 is 7.19. The van der Waals surface area contributed by atoms with Crippen molar-refractivity contribution in [3.63, 3.8) is 0 Å². The summed E-state index contributed by atoms with van der Waals surface area (Å²) in [6.07, 6.45) is 3.43. The number of benzene rings is 1. The number of hydrogen-bond donors (Lipinski definition) is 1. The van der Waals surface area contributed by atoms with Crippen LogP contribution in [-0.4, -0.2) is 19.3 Å². The number of aromatic nitrogens is 1. The van der Waals surface area contributed by atoms with E-state index in [0.717, 1.165) is 28.3 Å². The monoisotopic (exact) mass is 344 g/mol. The number of alkyl halides is 1. The molecule has 2 aromatic rings. The Morgan fingerprint density at radius 2 is 2.00 bits per heavy atom. The summed E-state index contributed by atoms with van der Waals surface area (Å²) in [6, 6.07) is 6.78. The van der Waals surface area contributed by atoms with E-state index in [1.165, 1.54) is 11.3 Å². The topological polar surface area (TPSA) is 59.1 Å². The van der Waals surface area contributed by atoms with Gasteiger partial charge in [-0.25, -0.2) is 18.1 Å². The van der Waals surface area contributed by atoms with Gasteiger partial charge >= 0.3 is 0 Å². The summed E-state index contributed by atoms with van der Waals surface area (Å²) < 4.78 is 27.0. The van der Waals surface area contributed by atoms with E-state index < -0.39 is 10.0 Å². The van der Waals surface area contributed by atoms with Gasteiger partial charge in [0.05, 0.1) is 11.4 Å². The van der Waals surface area contributed by atoms with E-state index in [1.807, 2.05) is 6.92 Å². The Labute approximate surface area is 134 Å². The molecular formula is C14H17ClN2O2S2. The summed E-state index contributed by atoms with van der Waals surface area (Å²) in [5.74, 6) is 0.522. The predicted molar refractivity (Wildman–Crippen MR) is 86.4 cm³/mol. The van der Waals surface area contributed by atoms with E-state index in [2.05, 4.69) is 9.71 Å². The Bertz CT molecular complexity index is 681. The Morgan fingerprint density at radius 3 is 2.57 bits per heavy atom. The first-order valence-electron chi connectivity index (χ1n) is 6.63. The number of aryl methyl sites for hydroxylation is 2. The molecule has 0 amide bonds. The Morgan fingerprint density at radius 1 is 1.29 bits per heavy atom. The minimum atomic E-state index is -3.50. The second-order valence-electron chi connectivity index (χ2n) is 4.48. The number of halogens is 1. The van der Waals surface area contributed by atoms with Crippen LogP contribution in [0.3, 0.4) is 0 Å². The summed E-state index contributed by atoms with van der Waals surface area (Å²) in [5.41, 5.74) is 1.02. The third-order valence-corrected chi connectivity index (χ3v) is 5.73. The van der Waals surface area contributed by atoms with Crippen LogP contribution in [-0.2, 0) is 29.4 Å². The molecule has 0 atom stereocenters. The van der Waals surface area contributed by atoms with Crippen molar-refractivity contribution in [2.75, 3.05) is 5.88 Å². The van der Waals surface area contributed by atoms with Crippen LogP contribution in [0.25, 0.3) is 0 Å². The molecule has 0 bridgehead atoms. The fourth-order valence-electron chi connectivity index (χ4n) is 1.78. The van der Waals surface area contributed by atoms with Gasteiger partial charge in [0.2, 0.25) is 10.0 Å². The first kappa shape index (κ1) is 16.4. The third-order valence-electron chi connectivity index (χ3n) is 2.98. The van der Waals surface area contributed by atoms with E-state index in [4.69, 9.17) is 11.6 Å². The molecule has 0 spiro atoms. The fourth-order valence-corrected chi connectivity index (χ4v) is 3.88. The van der Waals surface area contributed by atoms with Crippen LogP contribution in [0.4, 0.5) is 0 Å². The van der Waals surface area contributed by atoms with Gasteiger partial charge in [0.1, 0.15) is 5.01 Å². The summed E-state index contributed by atoms with van der Waals surface area (Å²) in [6.45, 7) is 2.26. The molecular weight excluding hydrogens is 328 g/mol. The molecule has 0 aliphatic rings. The quantitative estimate of drug-likeness (QED) is 0.785. The second-order valence-corrected chi connectivity index (χ2v) is 7.83. The zero-order valence-electron chi connectivity index (χ0n) is 11.7. The van der Waals surface area contributed by atoms with Crippen molar-refractivity contribution < 1.29 is 8.42 Å². The number of sulfonamides is 1. The molecule has 1 aromatic heterocycles. The average molecular weight is 345 g/mol. The SMILES string of the molecule is CCc1cnc(CNS(=O)(=O)c2ccc(CCCl)cc2)s1. The van der Waals surface area contributed by atoms with E-state index in [0.29, 0.717) is 5.88 Å². The highest BCUT2D eigenvalue weighted by molar-refractivity contribution is 7.89. The molecule has 0 saturated carbocycles. The number of nitrogens with zero attached hydrogens (tertiary/aromatic N) is 1. The van der Waals surface area contributed by atoms with Crippen LogP contribution < -0.4 is 4.72 Å². The highest BCUT2D eigenvalue weighted by Gasteiger charge is 2.14. The molecule has 114 valence electrons. The van der Waals surface area contributed by atoms with Crippen molar-refractivity contribution in [2.45, 2.75) is 31.2 Å². The lowest BCUT2D eigenvalue weighted by Gasteiger charge is -2.06. The van der Waals surface area contributed by atoms with Gasteiger partial charge in [-0.1, -0.05) is 19.1 Å². The highest BCUT2D eigenvalue weighted by Crippen LogP contribution is 2.15. The van der Waals surface area contributed by atoms with Gasteiger partial charge in [-0.2, -0.15) is 0 Å². The molecule has 0 aliphatic carbocycles. The van der Waals surface area contributed by atoms with Crippen molar-refractivity contribution in [3.8, 4) is 0 Å². The molecule has 0 saturated heterocycles. The maximum atomic E-state index is 12.2. The van der Waals surface area contributed by atoms with Gasteiger partial charge < -0.3 is 0 Å². The summed E-state index contributed by atoms with van der Waals surface area (Å²) in [7, 11) is -3.50. The lowest BCUT2D eigenvalue weighted by molar-refractivity contribution is 0.581. The molecule has 1 heterocycles. The molecule has 0 fully saturated rings. The van der Waals surface area contributed by atoms with Crippen LogP contribution in [0.15, 0.2) is 35.4 Å². The molecule has 0 radical (unpaired) electrons. The lowest BCUT2D eigenvalue weighted by atomic mass is 10.2. The van der Waals surface area contributed by atoms with Crippen LogP contribution in [0, 0.1) is 0 Å². The van der Waals surface area contributed by atoms with Gasteiger partial charge in [0.15, 0.2) is 0 Å². The minimum absolute atomic E-state index is 0.219. The molecule has 2 rings (SSSR count). The average Bonchev–Trinajstić information content (AvgIpc) is 2.94. The predicted octanol–water partition coefficient (Wildman–Crippen LogP) is 2.97. The van der Waals surface area contributed by atoms with Crippen molar-refractivity contribution >= 4 is 33.0 Å². The van der Waals surface area contributed by atoms with Gasteiger partial charge in [-0.3, -0.25) is 0 Å². The largest absolute Gasteiger partial charge is 0.248 e. The van der Waals surface area contributed by atoms with Gasteiger partial charge in [0, 0.05) is 17.0 Å². The van der Waals surface area contributed by atoms with Crippen LogP contribution in [0.1, 0.15) is 22.4 Å². The Balaban J connectivity index is 2.03. The van der Waals surface area contributed by atoms with E-state index >= 15 is 0 Å². The van der Waals surface area contributed by atoms with E-state index in [-0.39, 0.29) is 11.4 Å².